The third-order valence-corrected chi connectivity index (χ3v) is 2.31. The minimum Gasteiger partial charge on any atom is -0.330 e. The molecule has 4 heteroatoms. The normalized spacial score (nSPS) is 11.8. The summed E-state index contributed by atoms with van der Waals surface area (Å²) < 4.78 is 13.2. The van der Waals surface area contributed by atoms with Gasteiger partial charge in [-0.25, -0.2) is 4.98 Å². The molecule has 0 atom stereocenters. The molecule has 1 heterocycles. The lowest BCUT2D eigenvalue weighted by atomic mass is 9.86. The number of nitrogens with two attached hydrogens (primary N) is 1. The van der Waals surface area contributed by atoms with Gasteiger partial charge in [-0.2, -0.15) is 4.39 Å². The molecule has 2 nitrogen and oxygen atoms in total. The first-order valence-corrected chi connectivity index (χ1v) is 4.82. The van der Waals surface area contributed by atoms with E-state index in [4.69, 9.17) is 17.3 Å². The van der Waals surface area contributed by atoms with Crippen LogP contribution in [0.5, 0.6) is 0 Å². The van der Waals surface area contributed by atoms with E-state index in [1.165, 1.54) is 6.20 Å². The summed E-state index contributed by atoms with van der Waals surface area (Å²) in [7, 11) is 0. The van der Waals surface area contributed by atoms with Crippen molar-refractivity contribution in [3.05, 3.63) is 28.8 Å². The van der Waals surface area contributed by atoms with E-state index in [0.29, 0.717) is 23.6 Å². The van der Waals surface area contributed by atoms with Crippen LogP contribution in [0.2, 0.25) is 5.02 Å². The molecule has 1 aromatic rings. The second-order valence-corrected chi connectivity index (χ2v) is 4.59. The van der Waals surface area contributed by atoms with Gasteiger partial charge < -0.3 is 5.73 Å². The van der Waals surface area contributed by atoms with E-state index < -0.39 is 5.95 Å². The van der Waals surface area contributed by atoms with Gasteiger partial charge in [-0.3, -0.25) is 0 Å². The standard InChI is InChI=1S/C10H14ClFN2/c1-10(2,6-13)4-7-3-8(11)5-14-9(7)12/h3,5H,4,6,13H2,1-2H3. The van der Waals surface area contributed by atoms with Crippen molar-refractivity contribution in [2.45, 2.75) is 20.3 Å². The maximum Gasteiger partial charge on any atom is 0.216 e. The minimum absolute atomic E-state index is 0.132. The molecular weight excluding hydrogens is 203 g/mol. The van der Waals surface area contributed by atoms with E-state index in [1.807, 2.05) is 13.8 Å². The molecule has 0 aliphatic carbocycles. The topological polar surface area (TPSA) is 38.9 Å². The van der Waals surface area contributed by atoms with Gasteiger partial charge in [-0.1, -0.05) is 25.4 Å². The average molecular weight is 217 g/mol. The van der Waals surface area contributed by atoms with Crippen LogP contribution >= 0.6 is 11.6 Å². The van der Waals surface area contributed by atoms with E-state index in [1.54, 1.807) is 6.07 Å². The summed E-state index contributed by atoms with van der Waals surface area (Å²) in [6.07, 6.45) is 1.85. The van der Waals surface area contributed by atoms with Crippen molar-refractivity contribution in [2.75, 3.05) is 6.54 Å². The first-order valence-electron chi connectivity index (χ1n) is 4.44. The SMILES string of the molecule is CC(C)(CN)Cc1cc(Cl)cnc1F. The molecule has 2 N–H and O–H groups in total. The summed E-state index contributed by atoms with van der Waals surface area (Å²) in [5.41, 5.74) is 5.96. The van der Waals surface area contributed by atoms with Crippen LogP contribution in [0.3, 0.4) is 0 Å². The van der Waals surface area contributed by atoms with Crippen molar-refractivity contribution in [1.82, 2.24) is 4.98 Å². The Kier molecular flexibility index (Phi) is 3.45. The molecule has 0 spiro atoms. The maximum atomic E-state index is 13.2. The molecule has 0 unspecified atom stereocenters. The Labute approximate surface area is 88.3 Å². The second-order valence-electron chi connectivity index (χ2n) is 4.15. The van der Waals surface area contributed by atoms with Gasteiger partial charge >= 0.3 is 0 Å². The lowest BCUT2D eigenvalue weighted by molar-refractivity contribution is 0.367. The average Bonchev–Trinajstić information content (AvgIpc) is 2.11. The third-order valence-electron chi connectivity index (χ3n) is 2.10. The highest BCUT2D eigenvalue weighted by atomic mass is 35.5. The van der Waals surface area contributed by atoms with Crippen LogP contribution in [0.25, 0.3) is 0 Å². The maximum absolute atomic E-state index is 13.2. The van der Waals surface area contributed by atoms with Crippen molar-refractivity contribution >= 4 is 11.6 Å². The van der Waals surface area contributed by atoms with Crippen molar-refractivity contribution < 1.29 is 4.39 Å². The minimum atomic E-state index is -0.462. The molecule has 14 heavy (non-hydrogen) atoms. The summed E-state index contributed by atoms with van der Waals surface area (Å²) in [6.45, 7) is 4.46. The fraction of sp³-hybridized carbons (Fsp3) is 0.500. The number of hydrogen-bond donors (Lipinski definition) is 1. The van der Waals surface area contributed by atoms with Gasteiger partial charge in [0.05, 0.1) is 5.02 Å². The molecule has 0 amide bonds. The molecule has 0 saturated heterocycles. The molecule has 0 bridgehead atoms. The molecule has 1 aromatic heterocycles. The smallest absolute Gasteiger partial charge is 0.216 e. The molecule has 78 valence electrons. The summed E-state index contributed by atoms with van der Waals surface area (Å²) in [4.78, 5) is 3.56. The van der Waals surface area contributed by atoms with Gasteiger partial charge in [0.1, 0.15) is 0 Å². The Morgan fingerprint density at radius 2 is 2.21 bits per heavy atom. The fourth-order valence-corrected chi connectivity index (χ4v) is 1.36. The summed E-state index contributed by atoms with van der Waals surface area (Å²) >= 11 is 5.73. The predicted octanol–water partition coefficient (Wildman–Crippen LogP) is 2.40. The van der Waals surface area contributed by atoms with Crippen LogP contribution in [0.15, 0.2) is 12.3 Å². The molecule has 0 aliphatic rings. The van der Waals surface area contributed by atoms with Crippen molar-refractivity contribution in [3.8, 4) is 0 Å². The van der Waals surface area contributed by atoms with Crippen molar-refractivity contribution in [2.24, 2.45) is 11.1 Å². The van der Waals surface area contributed by atoms with Crippen LogP contribution in [0, 0.1) is 11.4 Å². The monoisotopic (exact) mass is 216 g/mol. The van der Waals surface area contributed by atoms with Crippen LogP contribution in [-0.2, 0) is 6.42 Å². The van der Waals surface area contributed by atoms with E-state index >= 15 is 0 Å². The largest absolute Gasteiger partial charge is 0.330 e. The Morgan fingerprint density at radius 3 is 2.79 bits per heavy atom. The van der Waals surface area contributed by atoms with Crippen LogP contribution in [0.4, 0.5) is 4.39 Å². The third kappa shape index (κ3) is 2.93. The van der Waals surface area contributed by atoms with Gasteiger partial charge in [-0.05, 0) is 24.4 Å². The van der Waals surface area contributed by atoms with Crippen LogP contribution < -0.4 is 5.73 Å². The lowest BCUT2D eigenvalue weighted by Crippen LogP contribution is -2.26. The number of hydrogen-bond acceptors (Lipinski definition) is 2. The lowest BCUT2D eigenvalue weighted by Gasteiger charge is -2.22. The van der Waals surface area contributed by atoms with E-state index in [-0.39, 0.29) is 5.41 Å². The van der Waals surface area contributed by atoms with E-state index in [9.17, 15) is 4.39 Å². The molecule has 0 aromatic carbocycles. The summed E-state index contributed by atoms with van der Waals surface area (Å²) in [6, 6.07) is 1.60. The van der Waals surface area contributed by atoms with Crippen LogP contribution in [0.1, 0.15) is 19.4 Å². The molecular formula is C10H14ClFN2. The molecule has 0 aliphatic heterocycles. The Morgan fingerprint density at radius 1 is 1.57 bits per heavy atom. The highest BCUT2D eigenvalue weighted by Gasteiger charge is 2.19. The molecule has 0 saturated carbocycles. The van der Waals surface area contributed by atoms with Gasteiger partial charge in [0.15, 0.2) is 0 Å². The Hall–Kier alpha value is -0.670. The zero-order valence-electron chi connectivity index (χ0n) is 8.35. The quantitative estimate of drug-likeness (QED) is 0.789. The van der Waals surface area contributed by atoms with Crippen molar-refractivity contribution in [1.29, 1.82) is 0 Å². The highest BCUT2D eigenvalue weighted by Crippen LogP contribution is 2.23. The Balaban J connectivity index is 2.91. The highest BCUT2D eigenvalue weighted by molar-refractivity contribution is 6.30. The summed E-state index contributed by atoms with van der Waals surface area (Å²) in [5, 5.41) is 0.453. The molecule has 0 radical (unpaired) electrons. The zero-order valence-corrected chi connectivity index (χ0v) is 9.11. The zero-order chi connectivity index (χ0) is 10.8. The number of pyridine rings is 1. The summed E-state index contributed by atoms with van der Waals surface area (Å²) in [5.74, 6) is -0.462. The number of aromatic nitrogens is 1. The Bertz CT molecular complexity index is 326. The molecule has 0 fully saturated rings. The first kappa shape index (κ1) is 11.4. The second kappa shape index (κ2) is 4.24. The van der Waals surface area contributed by atoms with Crippen molar-refractivity contribution in [3.63, 3.8) is 0 Å². The van der Waals surface area contributed by atoms with Gasteiger partial charge in [0.2, 0.25) is 5.95 Å². The fourth-order valence-electron chi connectivity index (χ4n) is 1.18. The van der Waals surface area contributed by atoms with Gasteiger partial charge in [-0.15, -0.1) is 0 Å². The number of rotatable bonds is 3. The number of halogens is 2. The van der Waals surface area contributed by atoms with Gasteiger partial charge in [0, 0.05) is 11.8 Å². The van der Waals surface area contributed by atoms with E-state index in [2.05, 4.69) is 4.98 Å². The first-order chi connectivity index (χ1) is 6.44. The number of nitrogens with zero attached hydrogens (tertiary/aromatic N) is 1. The van der Waals surface area contributed by atoms with E-state index in [0.717, 1.165) is 0 Å². The predicted molar refractivity (Wildman–Crippen MR) is 55.7 cm³/mol. The molecule has 1 rings (SSSR count). The van der Waals surface area contributed by atoms with Gasteiger partial charge in [0.25, 0.3) is 0 Å². The van der Waals surface area contributed by atoms with Crippen LogP contribution in [-0.4, -0.2) is 11.5 Å².